The quantitative estimate of drug-likeness (QED) is 0.671. The van der Waals surface area contributed by atoms with Crippen LogP contribution in [0.25, 0.3) is 0 Å². The van der Waals surface area contributed by atoms with Gasteiger partial charge in [0.1, 0.15) is 0 Å². The molecule has 1 amide bonds. The zero-order valence-corrected chi connectivity index (χ0v) is 8.09. The van der Waals surface area contributed by atoms with Gasteiger partial charge in [0, 0.05) is 10.3 Å². The summed E-state index contributed by atoms with van der Waals surface area (Å²) in [7, 11) is 0. The molecular formula is C7H8N2OS2. The van der Waals surface area contributed by atoms with Gasteiger partial charge in [-0.2, -0.15) is 0 Å². The Morgan fingerprint density at radius 3 is 2.83 bits per heavy atom. The number of hydrogen-bond donors (Lipinski definition) is 2. The van der Waals surface area contributed by atoms with Gasteiger partial charge in [0.25, 0.3) is 5.91 Å². The lowest BCUT2D eigenvalue weighted by atomic mass is 10.4. The third-order valence-corrected chi connectivity index (χ3v) is 2.38. The van der Waals surface area contributed by atoms with Crippen LogP contribution in [0.15, 0.2) is 11.4 Å². The van der Waals surface area contributed by atoms with E-state index in [2.05, 4.69) is 17.5 Å². The van der Waals surface area contributed by atoms with E-state index in [4.69, 9.17) is 5.73 Å². The maximum absolute atomic E-state index is 10.5. The van der Waals surface area contributed by atoms with Gasteiger partial charge in [-0.05, 0) is 13.0 Å². The molecule has 0 unspecified atom stereocenters. The molecule has 0 saturated carbocycles. The summed E-state index contributed by atoms with van der Waals surface area (Å²) in [6.45, 7) is 1.98. The highest BCUT2D eigenvalue weighted by Gasteiger charge is 2.04. The highest BCUT2D eigenvalue weighted by molar-refractivity contribution is 7.82. The van der Waals surface area contributed by atoms with E-state index in [9.17, 15) is 4.79 Å². The second-order valence-electron chi connectivity index (χ2n) is 2.26. The van der Waals surface area contributed by atoms with Crippen LogP contribution < -0.4 is 11.1 Å². The summed E-state index contributed by atoms with van der Waals surface area (Å²) >= 11 is 6.27. The molecule has 1 rings (SSSR count). The molecule has 0 aliphatic carbocycles. The fourth-order valence-electron chi connectivity index (χ4n) is 0.702. The fourth-order valence-corrected chi connectivity index (χ4v) is 1.45. The highest BCUT2D eigenvalue weighted by atomic mass is 32.1. The van der Waals surface area contributed by atoms with Crippen molar-refractivity contribution >= 4 is 40.1 Å². The zero-order valence-electron chi connectivity index (χ0n) is 6.46. The van der Waals surface area contributed by atoms with Crippen LogP contribution in [0.5, 0.6) is 0 Å². The van der Waals surface area contributed by atoms with Gasteiger partial charge in [-0.3, -0.25) is 4.79 Å². The van der Waals surface area contributed by atoms with Crippen molar-refractivity contribution < 1.29 is 4.79 Å². The van der Waals surface area contributed by atoms with E-state index in [1.165, 1.54) is 0 Å². The van der Waals surface area contributed by atoms with E-state index >= 15 is 0 Å². The van der Waals surface area contributed by atoms with E-state index in [0.717, 1.165) is 10.6 Å². The summed E-state index contributed by atoms with van der Waals surface area (Å²) in [6, 6.07) is 1.90. The molecule has 12 heavy (non-hydrogen) atoms. The predicted molar refractivity (Wildman–Crippen MR) is 54.5 cm³/mol. The van der Waals surface area contributed by atoms with Crippen LogP contribution in [-0.4, -0.2) is 10.9 Å². The number of thiocarbonyl (C=S) groups is 1. The second kappa shape index (κ2) is 3.64. The van der Waals surface area contributed by atoms with Gasteiger partial charge < -0.3 is 11.1 Å². The lowest BCUT2D eigenvalue weighted by Gasteiger charge is -1.99. The monoisotopic (exact) mass is 200 g/mol. The number of carbonyl (C=O) groups excluding carboxylic acids is 1. The van der Waals surface area contributed by atoms with Crippen LogP contribution in [0.3, 0.4) is 0 Å². The minimum absolute atomic E-state index is 0.0489. The Bertz CT molecular complexity index is 319. The zero-order chi connectivity index (χ0) is 9.14. The van der Waals surface area contributed by atoms with Gasteiger partial charge in [0.2, 0.25) is 0 Å². The number of primary amides is 1. The van der Waals surface area contributed by atoms with Gasteiger partial charge in [-0.25, -0.2) is 0 Å². The number of nitrogens with two attached hydrogens (primary N) is 1. The van der Waals surface area contributed by atoms with E-state index in [1.807, 2.05) is 18.4 Å². The number of anilines is 1. The minimum Gasteiger partial charge on any atom is -0.364 e. The number of hydrogen-bond acceptors (Lipinski definition) is 3. The Morgan fingerprint density at radius 1 is 1.75 bits per heavy atom. The van der Waals surface area contributed by atoms with Crippen molar-refractivity contribution in [1.29, 1.82) is 0 Å². The molecule has 0 aliphatic rings. The normalized spacial score (nSPS) is 9.42. The van der Waals surface area contributed by atoms with Crippen LogP contribution in [0.1, 0.15) is 4.88 Å². The fraction of sp³-hybridized carbons (Fsp3) is 0.143. The standard InChI is InChI=1S/C7H8N2OS2/c1-4-2-5(3-12-4)9-7(11)6(8)10/h2-3H,1H3,(H2,8,10)(H,9,11). The molecule has 0 bridgehead atoms. The van der Waals surface area contributed by atoms with E-state index in [0.29, 0.717) is 0 Å². The number of carbonyl (C=O) groups is 1. The molecule has 0 radical (unpaired) electrons. The van der Waals surface area contributed by atoms with Crippen molar-refractivity contribution in [2.75, 3.05) is 5.32 Å². The topological polar surface area (TPSA) is 55.1 Å². The molecule has 1 aromatic rings. The molecule has 0 atom stereocenters. The average molecular weight is 200 g/mol. The molecule has 64 valence electrons. The first-order valence-corrected chi connectivity index (χ1v) is 4.54. The number of aryl methyl sites for hydroxylation is 1. The molecule has 0 saturated heterocycles. The largest absolute Gasteiger partial charge is 0.364 e. The smallest absolute Gasteiger partial charge is 0.276 e. The highest BCUT2D eigenvalue weighted by Crippen LogP contribution is 2.17. The van der Waals surface area contributed by atoms with Crippen LogP contribution in [0, 0.1) is 6.92 Å². The molecule has 0 fully saturated rings. The first-order chi connectivity index (χ1) is 5.59. The third-order valence-electron chi connectivity index (χ3n) is 1.21. The first kappa shape index (κ1) is 9.15. The van der Waals surface area contributed by atoms with Gasteiger partial charge in [0.15, 0.2) is 4.99 Å². The van der Waals surface area contributed by atoms with Gasteiger partial charge >= 0.3 is 0 Å². The van der Waals surface area contributed by atoms with Crippen molar-refractivity contribution in [2.45, 2.75) is 6.92 Å². The van der Waals surface area contributed by atoms with E-state index < -0.39 is 5.91 Å². The first-order valence-electron chi connectivity index (χ1n) is 3.25. The van der Waals surface area contributed by atoms with Crippen molar-refractivity contribution in [3.8, 4) is 0 Å². The summed E-state index contributed by atoms with van der Waals surface area (Å²) < 4.78 is 0. The van der Waals surface area contributed by atoms with Gasteiger partial charge in [-0.15, -0.1) is 11.3 Å². The van der Waals surface area contributed by atoms with Gasteiger partial charge in [-0.1, -0.05) is 12.2 Å². The number of rotatable bonds is 1. The lowest BCUT2D eigenvalue weighted by Crippen LogP contribution is -2.27. The summed E-state index contributed by atoms with van der Waals surface area (Å²) in [4.78, 5) is 11.7. The summed E-state index contributed by atoms with van der Waals surface area (Å²) in [5.74, 6) is -0.603. The minimum atomic E-state index is -0.603. The van der Waals surface area contributed by atoms with Crippen molar-refractivity contribution in [1.82, 2.24) is 0 Å². The van der Waals surface area contributed by atoms with Crippen LogP contribution in [0.2, 0.25) is 0 Å². The van der Waals surface area contributed by atoms with Crippen LogP contribution in [-0.2, 0) is 4.79 Å². The van der Waals surface area contributed by atoms with Gasteiger partial charge in [0.05, 0.1) is 5.69 Å². The van der Waals surface area contributed by atoms with E-state index in [-0.39, 0.29) is 4.99 Å². The number of thiophene rings is 1. The average Bonchev–Trinajstić information content (AvgIpc) is 2.35. The number of nitrogens with one attached hydrogen (secondary N) is 1. The summed E-state index contributed by atoms with van der Waals surface area (Å²) in [6.07, 6.45) is 0. The Labute approximate surface area is 79.6 Å². The molecule has 3 nitrogen and oxygen atoms in total. The molecule has 0 aromatic carbocycles. The maximum atomic E-state index is 10.5. The predicted octanol–water partition coefficient (Wildman–Crippen LogP) is 1.28. The second-order valence-corrected chi connectivity index (χ2v) is 3.79. The van der Waals surface area contributed by atoms with Crippen molar-refractivity contribution in [3.63, 3.8) is 0 Å². The summed E-state index contributed by atoms with van der Waals surface area (Å²) in [5.41, 5.74) is 5.77. The maximum Gasteiger partial charge on any atom is 0.276 e. The number of amides is 1. The van der Waals surface area contributed by atoms with Crippen molar-refractivity contribution in [3.05, 3.63) is 16.3 Å². The third kappa shape index (κ3) is 2.28. The summed E-state index contributed by atoms with van der Waals surface area (Å²) in [5, 5.41) is 4.61. The van der Waals surface area contributed by atoms with E-state index in [1.54, 1.807) is 11.3 Å². The molecule has 3 N–H and O–H groups in total. The Morgan fingerprint density at radius 2 is 2.42 bits per heavy atom. The molecule has 0 aliphatic heterocycles. The SMILES string of the molecule is Cc1cc(NC(=S)C(N)=O)cs1. The molecule has 5 heteroatoms. The molecule has 1 aromatic heterocycles. The van der Waals surface area contributed by atoms with Crippen LogP contribution in [0.4, 0.5) is 5.69 Å². The van der Waals surface area contributed by atoms with Crippen molar-refractivity contribution in [2.24, 2.45) is 5.73 Å². The van der Waals surface area contributed by atoms with Crippen LogP contribution >= 0.6 is 23.6 Å². The Kier molecular flexibility index (Phi) is 2.78. The Balaban J connectivity index is 2.64. The molecule has 0 spiro atoms. The molecule has 1 heterocycles. The molecular weight excluding hydrogens is 192 g/mol. The Hall–Kier alpha value is -0.940. The lowest BCUT2D eigenvalue weighted by molar-refractivity contribution is -0.111.